The summed E-state index contributed by atoms with van der Waals surface area (Å²) in [4.78, 5) is 28.9. The van der Waals surface area contributed by atoms with Crippen molar-refractivity contribution in [2.75, 3.05) is 31.2 Å². The second-order valence-corrected chi connectivity index (χ2v) is 12.8. The Hall–Kier alpha value is -2.86. The van der Waals surface area contributed by atoms with Crippen LogP contribution in [-0.2, 0) is 14.8 Å². The molecule has 214 valence electrons. The van der Waals surface area contributed by atoms with E-state index in [0.29, 0.717) is 46.3 Å². The minimum Gasteiger partial charge on any atom is -0.490 e. The van der Waals surface area contributed by atoms with Gasteiger partial charge in [0, 0.05) is 44.0 Å². The maximum Gasteiger partial charge on any atom is 0.331 e. The fourth-order valence-electron chi connectivity index (χ4n) is 5.31. The standard InChI is InChI=1S/C27H31Cl2N5O5S/c1-18-15-26(35)34(30-18)20-3-2-4-23(16-20)40(37,38)31-27(36)33-11-7-19(8-12-33)32-13-9-21(10-14-32)39-22-5-6-24(28)25(29)17-22/h2-6,16-17,19,21H,7-15H2,1H3,(H,31,36). The summed E-state index contributed by atoms with van der Waals surface area (Å²) in [5.74, 6) is 0.476. The number of amides is 3. The zero-order valence-corrected chi connectivity index (χ0v) is 24.4. The van der Waals surface area contributed by atoms with Crippen molar-refractivity contribution in [3.05, 3.63) is 52.5 Å². The fourth-order valence-corrected chi connectivity index (χ4v) is 6.61. The number of piperidine rings is 2. The zero-order chi connectivity index (χ0) is 28.4. The number of hydrogen-bond acceptors (Lipinski definition) is 7. The number of likely N-dealkylation sites (tertiary alicyclic amines) is 2. The van der Waals surface area contributed by atoms with Crippen molar-refractivity contribution in [2.24, 2.45) is 5.10 Å². The van der Waals surface area contributed by atoms with Gasteiger partial charge >= 0.3 is 6.03 Å². The van der Waals surface area contributed by atoms with Crippen LogP contribution in [0.2, 0.25) is 10.0 Å². The molecule has 0 aliphatic carbocycles. The molecule has 2 aromatic rings. The number of halogens is 2. The average Bonchev–Trinajstić information content (AvgIpc) is 3.28. The van der Waals surface area contributed by atoms with E-state index < -0.39 is 16.1 Å². The molecule has 0 unspecified atom stereocenters. The molecule has 3 heterocycles. The van der Waals surface area contributed by atoms with E-state index in [-0.39, 0.29) is 23.3 Å². The molecule has 0 atom stereocenters. The number of carbonyl (C=O) groups is 2. The van der Waals surface area contributed by atoms with Crippen molar-refractivity contribution in [1.29, 1.82) is 0 Å². The molecule has 3 amide bonds. The van der Waals surface area contributed by atoms with Gasteiger partial charge in [0.1, 0.15) is 11.9 Å². The Bertz CT molecular complexity index is 1420. The molecule has 0 radical (unpaired) electrons. The SMILES string of the molecule is CC1=NN(c2cccc(S(=O)(=O)NC(=O)N3CCC(N4CCC(Oc5ccc(Cl)c(Cl)c5)CC4)CC3)c2)C(=O)C1. The Morgan fingerprint density at radius 3 is 2.38 bits per heavy atom. The van der Waals surface area contributed by atoms with Gasteiger partial charge < -0.3 is 9.64 Å². The third kappa shape index (κ3) is 6.54. The molecule has 0 saturated carbocycles. The Balaban J connectivity index is 1.10. The van der Waals surface area contributed by atoms with Crippen molar-refractivity contribution in [3.63, 3.8) is 0 Å². The lowest BCUT2D eigenvalue weighted by atomic mass is 9.99. The molecule has 2 aromatic carbocycles. The molecule has 3 aliphatic rings. The summed E-state index contributed by atoms with van der Waals surface area (Å²) >= 11 is 12.1. The molecule has 5 rings (SSSR count). The van der Waals surface area contributed by atoms with E-state index >= 15 is 0 Å². The molecule has 0 spiro atoms. The highest BCUT2D eigenvalue weighted by atomic mass is 35.5. The normalized spacial score (nSPS) is 19.6. The van der Waals surface area contributed by atoms with Gasteiger partial charge in [0.2, 0.25) is 0 Å². The maximum atomic E-state index is 13.0. The number of ether oxygens (including phenoxy) is 1. The summed E-state index contributed by atoms with van der Waals surface area (Å²) in [5.41, 5.74) is 0.986. The van der Waals surface area contributed by atoms with Gasteiger partial charge in [-0.25, -0.2) is 22.9 Å². The third-order valence-electron chi connectivity index (χ3n) is 7.45. The number of benzene rings is 2. The summed E-state index contributed by atoms with van der Waals surface area (Å²) < 4.78 is 34.2. The highest BCUT2D eigenvalue weighted by Gasteiger charge is 2.32. The highest BCUT2D eigenvalue weighted by Crippen LogP contribution is 2.29. The minimum atomic E-state index is -4.13. The summed E-state index contributed by atoms with van der Waals surface area (Å²) in [6.07, 6.45) is 3.57. The second kappa shape index (κ2) is 11.9. The van der Waals surface area contributed by atoms with E-state index in [2.05, 4.69) is 14.7 Å². The Kier molecular flexibility index (Phi) is 8.55. The summed E-state index contributed by atoms with van der Waals surface area (Å²) in [7, 11) is -4.13. The van der Waals surface area contributed by atoms with Crippen molar-refractivity contribution in [1.82, 2.24) is 14.5 Å². The van der Waals surface area contributed by atoms with Crippen molar-refractivity contribution in [3.8, 4) is 5.75 Å². The van der Waals surface area contributed by atoms with Crippen LogP contribution in [0.25, 0.3) is 0 Å². The van der Waals surface area contributed by atoms with Gasteiger partial charge in [0.25, 0.3) is 15.9 Å². The van der Waals surface area contributed by atoms with E-state index in [0.717, 1.165) is 38.8 Å². The Labute approximate surface area is 243 Å². The van der Waals surface area contributed by atoms with Crippen LogP contribution >= 0.6 is 23.2 Å². The minimum absolute atomic E-state index is 0.0995. The molecule has 13 heteroatoms. The Morgan fingerprint density at radius 2 is 1.73 bits per heavy atom. The van der Waals surface area contributed by atoms with Crippen molar-refractivity contribution in [2.45, 2.75) is 56.1 Å². The van der Waals surface area contributed by atoms with E-state index in [1.54, 1.807) is 25.1 Å². The largest absolute Gasteiger partial charge is 0.490 e. The molecule has 10 nitrogen and oxygen atoms in total. The first-order valence-corrected chi connectivity index (χ1v) is 15.5. The summed E-state index contributed by atoms with van der Waals surface area (Å²) in [6.45, 7) is 4.43. The van der Waals surface area contributed by atoms with E-state index in [1.165, 1.54) is 28.1 Å². The van der Waals surface area contributed by atoms with Gasteiger partial charge in [-0.15, -0.1) is 0 Å². The van der Waals surface area contributed by atoms with E-state index in [1.807, 2.05) is 6.07 Å². The number of urea groups is 1. The third-order valence-corrected chi connectivity index (χ3v) is 9.50. The van der Waals surface area contributed by atoms with Gasteiger partial charge in [-0.2, -0.15) is 5.10 Å². The lowest BCUT2D eigenvalue weighted by Crippen LogP contribution is -2.52. The van der Waals surface area contributed by atoms with Crippen LogP contribution < -0.4 is 14.5 Å². The van der Waals surface area contributed by atoms with Gasteiger partial charge in [-0.1, -0.05) is 29.3 Å². The number of nitrogens with zero attached hydrogens (tertiary/aromatic N) is 4. The molecule has 1 N–H and O–H groups in total. The van der Waals surface area contributed by atoms with Gasteiger partial charge in [-0.05, 0) is 62.9 Å². The second-order valence-electron chi connectivity index (χ2n) is 10.3. The maximum absolute atomic E-state index is 13.0. The Morgan fingerprint density at radius 1 is 1.00 bits per heavy atom. The lowest BCUT2D eigenvalue weighted by molar-refractivity contribution is -0.116. The van der Waals surface area contributed by atoms with Crippen molar-refractivity contribution >= 4 is 56.6 Å². The predicted molar refractivity (Wildman–Crippen MR) is 154 cm³/mol. The first-order chi connectivity index (χ1) is 19.1. The summed E-state index contributed by atoms with van der Waals surface area (Å²) in [5, 5.41) is 6.31. The number of nitrogens with one attached hydrogen (secondary N) is 1. The average molecular weight is 609 g/mol. The number of anilines is 1. The molecule has 0 bridgehead atoms. The number of sulfonamides is 1. The van der Waals surface area contributed by atoms with Gasteiger partial charge in [-0.3, -0.25) is 9.69 Å². The predicted octanol–water partition coefficient (Wildman–Crippen LogP) is 4.51. The molecular formula is C27H31Cl2N5O5S. The lowest BCUT2D eigenvalue weighted by Gasteiger charge is -2.41. The molecule has 2 fully saturated rings. The van der Waals surface area contributed by atoms with E-state index in [9.17, 15) is 18.0 Å². The topological polar surface area (TPSA) is 112 Å². The first kappa shape index (κ1) is 28.7. The van der Waals surface area contributed by atoms with Gasteiger partial charge in [0.15, 0.2) is 0 Å². The van der Waals surface area contributed by atoms with Crippen LogP contribution in [-0.4, -0.2) is 74.2 Å². The molecule has 0 aromatic heterocycles. The van der Waals surface area contributed by atoms with Crippen molar-refractivity contribution < 1.29 is 22.7 Å². The molecular weight excluding hydrogens is 577 g/mol. The van der Waals surface area contributed by atoms with Crippen LogP contribution in [0.3, 0.4) is 0 Å². The quantitative estimate of drug-likeness (QED) is 0.517. The monoisotopic (exact) mass is 607 g/mol. The van der Waals surface area contributed by atoms with Crippen LogP contribution in [0.4, 0.5) is 10.5 Å². The highest BCUT2D eigenvalue weighted by molar-refractivity contribution is 7.90. The summed E-state index contributed by atoms with van der Waals surface area (Å²) in [6, 6.07) is 10.8. The molecule has 3 aliphatic heterocycles. The zero-order valence-electron chi connectivity index (χ0n) is 22.1. The molecule has 40 heavy (non-hydrogen) atoms. The van der Waals surface area contributed by atoms with Crippen LogP contribution in [0.15, 0.2) is 52.5 Å². The number of hydrazone groups is 1. The van der Waals surface area contributed by atoms with Crippen LogP contribution in [0.1, 0.15) is 39.0 Å². The first-order valence-electron chi connectivity index (χ1n) is 13.2. The number of rotatable bonds is 6. The van der Waals surface area contributed by atoms with Crippen LogP contribution in [0.5, 0.6) is 5.75 Å². The van der Waals surface area contributed by atoms with E-state index in [4.69, 9.17) is 27.9 Å². The smallest absolute Gasteiger partial charge is 0.331 e. The number of carbonyl (C=O) groups excluding carboxylic acids is 2. The number of hydrogen-bond donors (Lipinski definition) is 1. The molecule has 2 saturated heterocycles. The van der Waals surface area contributed by atoms with Gasteiger partial charge in [0.05, 0.1) is 27.0 Å². The van der Waals surface area contributed by atoms with Crippen LogP contribution in [0, 0.1) is 0 Å². The fraction of sp³-hybridized carbons (Fsp3) is 0.444.